The number of carbonyl (C=O) groups excluding carboxylic acids is 1. The van der Waals surface area contributed by atoms with Gasteiger partial charge in [-0.3, -0.25) is 9.69 Å². The van der Waals surface area contributed by atoms with E-state index in [1.807, 2.05) is 18.4 Å². The molecule has 0 saturated heterocycles. The standard InChI is InChI=1S/C19H17BrFN2O2PS/c1-23-17(24)19(22-18(23)27-2)9-14(11-4-3-5-15(26)16(11)21)25-13-7-6-10(20)8-12(13)19/h3-8,14H,9,26H2,1-2H3. The number of carbonyl (C=O) groups is 1. The Balaban J connectivity index is 1.91. The van der Waals surface area contributed by atoms with Crippen LogP contribution in [0.1, 0.15) is 23.7 Å². The van der Waals surface area contributed by atoms with Gasteiger partial charge in [-0.1, -0.05) is 45.9 Å². The monoisotopic (exact) mass is 466 g/mol. The average Bonchev–Trinajstić information content (AvgIpc) is 2.90. The van der Waals surface area contributed by atoms with E-state index >= 15 is 0 Å². The fraction of sp³-hybridized carbons (Fsp3) is 0.263. The maximum Gasteiger partial charge on any atom is 0.261 e. The van der Waals surface area contributed by atoms with Gasteiger partial charge in [-0.25, -0.2) is 9.38 Å². The molecule has 8 heteroatoms. The largest absolute Gasteiger partial charge is 0.485 e. The van der Waals surface area contributed by atoms with Crippen LogP contribution in [0.4, 0.5) is 4.39 Å². The number of ether oxygens (including phenoxy) is 1. The van der Waals surface area contributed by atoms with E-state index in [2.05, 4.69) is 25.2 Å². The molecule has 0 fully saturated rings. The first-order valence-electron chi connectivity index (χ1n) is 8.30. The molecule has 0 bridgehead atoms. The molecule has 140 valence electrons. The molecule has 3 atom stereocenters. The number of likely N-dealkylation sites (N-methyl/N-ethyl adjacent to an activating group) is 1. The lowest BCUT2D eigenvalue weighted by molar-refractivity contribution is -0.132. The van der Waals surface area contributed by atoms with Crippen molar-refractivity contribution in [2.45, 2.75) is 18.1 Å². The van der Waals surface area contributed by atoms with Gasteiger partial charge in [0.25, 0.3) is 5.91 Å². The third-order valence-electron chi connectivity index (χ3n) is 4.96. The normalized spacial score (nSPS) is 24.0. The van der Waals surface area contributed by atoms with Crippen LogP contribution in [0.5, 0.6) is 5.75 Å². The van der Waals surface area contributed by atoms with E-state index in [1.165, 1.54) is 11.8 Å². The van der Waals surface area contributed by atoms with Crippen molar-refractivity contribution in [3.63, 3.8) is 0 Å². The zero-order valence-corrected chi connectivity index (χ0v) is 18.3. The predicted octanol–water partition coefficient (Wildman–Crippen LogP) is 4.00. The molecule has 2 heterocycles. The Kier molecular flexibility index (Phi) is 4.81. The highest BCUT2D eigenvalue weighted by Gasteiger charge is 2.54. The number of benzene rings is 2. The number of fused-ring (bicyclic) bond motifs is 2. The van der Waals surface area contributed by atoms with E-state index in [1.54, 1.807) is 36.2 Å². The molecule has 2 aromatic carbocycles. The Morgan fingerprint density at radius 3 is 2.89 bits per heavy atom. The van der Waals surface area contributed by atoms with Gasteiger partial charge in [0.05, 0.1) is 0 Å². The van der Waals surface area contributed by atoms with Gasteiger partial charge >= 0.3 is 0 Å². The van der Waals surface area contributed by atoms with Crippen LogP contribution in [-0.4, -0.2) is 29.3 Å². The molecule has 0 radical (unpaired) electrons. The number of amidine groups is 1. The summed E-state index contributed by atoms with van der Waals surface area (Å²) in [7, 11) is 4.11. The first kappa shape index (κ1) is 18.9. The van der Waals surface area contributed by atoms with Crippen LogP contribution in [0.25, 0.3) is 0 Å². The van der Waals surface area contributed by atoms with Crippen molar-refractivity contribution in [3.05, 3.63) is 57.8 Å². The summed E-state index contributed by atoms with van der Waals surface area (Å²) in [5.74, 6) is 0.0916. The summed E-state index contributed by atoms with van der Waals surface area (Å²) >= 11 is 4.89. The summed E-state index contributed by atoms with van der Waals surface area (Å²) in [5, 5.41) is 1.11. The van der Waals surface area contributed by atoms with Gasteiger partial charge in [0, 0.05) is 34.4 Å². The first-order chi connectivity index (χ1) is 12.9. The summed E-state index contributed by atoms with van der Waals surface area (Å²) in [4.78, 5) is 19.7. The first-order valence-corrected chi connectivity index (χ1v) is 10.9. The van der Waals surface area contributed by atoms with E-state index in [0.717, 1.165) is 4.47 Å². The molecular weight excluding hydrogens is 450 g/mol. The minimum atomic E-state index is -1.11. The SMILES string of the molecule is CSC1=NC2(CC(c3cccc(P)c3F)Oc3ccc(Br)cc32)C(=O)N1C. The number of amides is 1. The lowest BCUT2D eigenvalue weighted by Crippen LogP contribution is -2.42. The summed E-state index contributed by atoms with van der Waals surface area (Å²) in [6, 6.07) is 10.7. The van der Waals surface area contributed by atoms with Crippen molar-refractivity contribution < 1.29 is 13.9 Å². The zero-order valence-electron chi connectivity index (χ0n) is 14.7. The van der Waals surface area contributed by atoms with Crippen LogP contribution >= 0.6 is 36.9 Å². The van der Waals surface area contributed by atoms with E-state index in [9.17, 15) is 9.18 Å². The third-order valence-corrected chi connectivity index (χ3v) is 6.63. The van der Waals surface area contributed by atoms with Crippen molar-refractivity contribution in [1.29, 1.82) is 0 Å². The Morgan fingerprint density at radius 1 is 1.41 bits per heavy atom. The molecule has 3 unspecified atom stereocenters. The molecule has 27 heavy (non-hydrogen) atoms. The van der Waals surface area contributed by atoms with Crippen LogP contribution in [0.15, 0.2) is 45.9 Å². The van der Waals surface area contributed by atoms with Crippen LogP contribution in [-0.2, 0) is 10.3 Å². The highest BCUT2D eigenvalue weighted by atomic mass is 79.9. The number of rotatable bonds is 1. The topological polar surface area (TPSA) is 41.9 Å². The molecule has 4 rings (SSSR count). The highest BCUT2D eigenvalue weighted by molar-refractivity contribution is 9.10. The maximum absolute atomic E-state index is 14.8. The van der Waals surface area contributed by atoms with Crippen LogP contribution in [0.3, 0.4) is 0 Å². The molecule has 1 spiro atoms. The van der Waals surface area contributed by atoms with Gasteiger partial charge in [0.2, 0.25) is 0 Å². The molecule has 2 aliphatic rings. The van der Waals surface area contributed by atoms with Crippen molar-refractivity contribution in [1.82, 2.24) is 4.90 Å². The van der Waals surface area contributed by atoms with Gasteiger partial charge in [-0.2, -0.15) is 0 Å². The quantitative estimate of drug-likeness (QED) is 0.596. The molecule has 2 aromatic rings. The number of nitrogens with zero attached hydrogens (tertiary/aromatic N) is 2. The van der Waals surface area contributed by atoms with Gasteiger partial charge in [0.15, 0.2) is 10.7 Å². The smallest absolute Gasteiger partial charge is 0.261 e. The Hall–Kier alpha value is -1.43. The second-order valence-electron chi connectivity index (χ2n) is 6.52. The van der Waals surface area contributed by atoms with Crippen LogP contribution in [0.2, 0.25) is 0 Å². The Morgan fingerprint density at radius 2 is 2.19 bits per heavy atom. The molecular formula is C19H17BrFN2O2PS. The van der Waals surface area contributed by atoms with Crippen molar-refractivity contribution in [3.8, 4) is 5.75 Å². The van der Waals surface area contributed by atoms with Crippen molar-refractivity contribution in [2.75, 3.05) is 13.3 Å². The van der Waals surface area contributed by atoms with Crippen molar-refractivity contribution >= 4 is 53.3 Å². The number of hydrogen-bond acceptors (Lipinski definition) is 4. The minimum absolute atomic E-state index is 0.123. The van der Waals surface area contributed by atoms with Crippen LogP contribution in [0, 0.1) is 5.82 Å². The van der Waals surface area contributed by atoms with E-state index in [4.69, 9.17) is 9.73 Å². The zero-order chi connectivity index (χ0) is 19.3. The highest BCUT2D eigenvalue weighted by Crippen LogP contribution is 2.51. The lowest BCUT2D eigenvalue weighted by atomic mass is 9.80. The number of halogens is 2. The fourth-order valence-corrected chi connectivity index (χ4v) is 4.88. The minimum Gasteiger partial charge on any atom is -0.485 e. The van der Waals surface area contributed by atoms with Crippen molar-refractivity contribution in [2.24, 2.45) is 4.99 Å². The fourth-order valence-electron chi connectivity index (χ4n) is 3.63. The third kappa shape index (κ3) is 2.91. The molecule has 1 amide bonds. The van der Waals surface area contributed by atoms with E-state index in [0.29, 0.717) is 27.3 Å². The second-order valence-corrected chi connectivity index (χ2v) is 8.84. The molecule has 2 aliphatic heterocycles. The van der Waals surface area contributed by atoms with Gasteiger partial charge in [0.1, 0.15) is 17.7 Å². The van der Waals surface area contributed by atoms with E-state index in [-0.39, 0.29) is 18.1 Å². The average molecular weight is 467 g/mol. The van der Waals surface area contributed by atoms with E-state index < -0.39 is 11.6 Å². The van der Waals surface area contributed by atoms with Gasteiger partial charge in [-0.05, 0) is 24.5 Å². The maximum atomic E-state index is 14.8. The Labute approximate surface area is 171 Å². The molecule has 0 saturated carbocycles. The molecule has 0 aliphatic carbocycles. The Bertz CT molecular complexity index is 986. The lowest BCUT2D eigenvalue weighted by Gasteiger charge is -2.37. The van der Waals surface area contributed by atoms with Gasteiger partial charge < -0.3 is 4.74 Å². The summed E-state index contributed by atoms with van der Waals surface area (Å²) in [6.45, 7) is 0. The molecule has 0 N–H and O–H groups in total. The molecule has 4 nitrogen and oxygen atoms in total. The predicted molar refractivity (Wildman–Crippen MR) is 113 cm³/mol. The summed E-state index contributed by atoms with van der Waals surface area (Å²) in [6.07, 6.45) is 1.52. The van der Waals surface area contributed by atoms with Crippen LogP contribution < -0.4 is 10.0 Å². The summed E-state index contributed by atoms with van der Waals surface area (Å²) < 4.78 is 21.7. The summed E-state index contributed by atoms with van der Waals surface area (Å²) in [5.41, 5.74) is 0.0218. The second kappa shape index (κ2) is 6.87. The number of aliphatic imine (C=N–C) groups is 1. The molecule has 0 aromatic heterocycles. The number of thioether (sulfide) groups is 1. The number of hydrogen-bond donors (Lipinski definition) is 0. The van der Waals surface area contributed by atoms with Gasteiger partial charge in [-0.15, -0.1) is 9.24 Å².